The van der Waals surface area contributed by atoms with E-state index in [1.54, 1.807) is 18.1 Å². The van der Waals surface area contributed by atoms with Crippen LogP contribution in [0.25, 0.3) is 0 Å². The second-order valence-electron chi connectivity index (χ2n) is 5.70. The van der Waals surface area contributed by atoms with E-state index in [9.17, 15) is 4.79 Å². The first kappa shape index (κ1) is 16.2. The van der Waals surface area contributed by atoms with Crippen LogP contribution < -0.4 is 4.90 Å². The van der Waals surface area contributed by atoms with E-state index in [0.717, 1.165) is 26.3 Å². The third-order valence-electron chi connectivity index (χ3n) is 3.95. The summed E-state index contributed by atoms with van der Waals surface area (Å²) >= 11 is 3.12. The molecule has 0 fully saturated rings. The van der Waals surface area contributed by atoms with Gasteiger partial charge >= 0.3 is 0 Å². The molecule has 4 rings (SSSR count). The lowest BCUT2D eigenvalue weighted by Gasteiger charge is -2.32. The number of hydrogen-bond donors (Lipinski definition) is 0. The van der Waals surface area contributed by atoms with Gasteiger partial charge in [0.15, 0.2) is 5.16 Å². The van der Waals surface area contributed by atoms with Gasteiger partial charge in [-0.1, -0.05) is 47.8 Å². The Bertz CT molecular complexity index is 895. The fraction of sp³-hybridized carbons (Fsp3) is 0.167. The van der Waals surface area contributed by atoms with Crippen LogP contribution in [0.1, 0.15) is 6.92 Å². The molecule has 3 aromatic rings. The highest BCUT2D eigenvalue weighted by Gasteiger charge is 2.31. The number of rotatable bonds is 3. The second kappa shape index (κ2) is 6.57. The number of nitrogens with zero attached hydrogens (tertiary/aromatic N) is 4. The van der Waals surface area contributed by atoms with Gasteiger partial charge in [0, 0.05) is 16.8 Å². The lowest BCUT2D eigenvalue weighted by atomic mass is 10.2. The Morgan fingerprint density at radius 2 is 1.68 bits per heavy atom. The van der Waals surface area contributed by atoms with E-state index in [-0.39, 0.29) is 11.2 Å². The first-order valence-corrected chi connectivity index (χ1v) is 9.55. The lowest BCUT2D eigenvalue weighted by molar-refractivity contribution is -0.117. The molecule has 7 heteroatoms. The average Bonchev–Trinajstić information content (AvgIpc) is 3.03. The third-order valence-corrected chi connectivity index (χ3v) is 6.22. The number of fused-ring (bicyclic) bond motifs is 2. The monoisotopic (exact) mass is 368 g/mol. The van der Waals surface area contributed by atoms with Crippen molar-refractivity contribution in [1.82, 2.24) is 14.8 Å². The minimum atomic E-state index is -0.285. The van der Waals surface area contributed by atoms with Crippen LogP contribution in [-0.4, -0.2) is 25.9 Å². The van der Waals surface area contributed by atoms with Gasteiger partial charge in [0.25, 0.3) is 0 Å². The first-order valence-electron chi connectivity index (χ1n) is 7.85. The molecule has 5 nitrogen and oxygen atoms in total. The molecule has 126 valence electrons. The molecule has 0 unspecified atom stereocenters. The molecule has 0 bridgehead atoms. The van der Waals surface area contributed by atoms with Crippen LogP contribution in [0.15, 0.2) is 69.8 Å². The standard InChI is InChI=1S/C18H16N4OS2/c1-12(24-18-20-19-11-21(18)2)17(23)22-13-7-3-5-9-15(13)25-16-10-6-4-8-14(16)22/h3-12H,1-2H3/t12-/m1/s1. The molecule has 1 aliphatic rings. The molecule has 0 saturated heterocycles. The lowest BCUT2D eigenvalue weighted by Crippen LogP contribution is -2.34. The van der Waals surface area contributed by atoms with E-state index in [4.69, 9.17) is 0 Å². The fourth-order valence-electron chi connectivity index (χ4n) is 2.71. The minimum Gasteiger partial charge on any atom is -0.312 e. The zero-order valence-corrected chi connectivity index (χ0v) is 15.4. The number of carbonyl (C=O) groups excluding carboxylic acids is 1. The van der Waals surface area contributed by atoms with Gasteiger partial charge in [-0.2, -0.15) is 0 Å². The molecule has 0 radical (unpaired) electrons. The number of thioether (sulfide) groups is 1. The van der Waals surface area contributed by atoms with E-state index in [0.29, 0.717) is 0 Å². The van der Waals surface area contributed by atoms with Crippen molar-refractivity contribution < 1.29 is 4.79 Å². The second-order valence-corrected chi connectivity index (χ2v) is 8.09. The topological polar surface area (TPSA) is 51.0 Å². The largest absolute Gasteiger partial charge is 0.312 e. The highest BCUT2D eigenvalue weighted by molar-refractivity contribution is 8.00. The summed E-state index contributed by atoms with van der Waals surface area (Å²) in [5.41, 5.74) is 1.86. The Morgan fingerprint density at radius 3 is 2.24 bits per heavy atom. The molecule has 0 spiro atoms. The van der Waals surface area contributed by atoms with Crippen molar-refractivity contribution in [3.05, 3.63) is 54.9 Å². The summed E-state index contributed by atoms with van der Waals surface area (Å²) in [7, 11) is 1.88. The van der Waals surface area contributed by atoms with E-state index in [2.05, 4.69) is 22.3 Å². The van der Waals surface area contributed by atoms with Crippen molar-refractivity contribution in [2.75, 3.05) is 4.90 Å². The molecule has 0 saturated carbocycles. The maximum Gasteiger partial charge on any atom is 0.244 e. The molecule has 2 aromatic carbocycles. The summed E-state index contributed by atoms with van der Waals surface area (Å²) in [5, 5.41) is 8.40. The number of aromatic nitrogens is 3. The van der Waals surface area contributed by atoms with E-state index in [1.165, 1.54) is 11.8 Å². The average molecular weight is 368 g/mol. The van der Waals surface area contributed by atoms with Gasteiger partial charge in [-0.3, -0.25) is 9.69 Å². The number of anilines is 2. The zero-order chi connectivity index (χ0) is 17.4. The minimum absolute atomic E-state index is 0.0354. The normalized spacial score (nSPS) is 13.9. The fourth-order valence-corrected chi connectivity index (χ4v) is 4.60. The number of para-hydroxylation sites is 2. The summed E-state index contributed by atoms with van der Waals surface area (Å²) in [6.45, 7) is 1.91. The summed E-state index contributed by atoms with van der Waals surface area (Å²) in [6, 6.07) is 16.0. The molecule has 2 heterocycles. The molecule has 0 aliphatic carbocycles. The van der Waals surface area contributed by atoms with Crippen LogP contribution in [-0.2, 0) is 11.8 Å². The number of carbonyl (C=O) groups is 1. The van der Waals surface area contributed by atoms with E-state index in [1.807, 2.05) is 59.8 Å². The predicted molar refractivity (Wildman–Crippen MR) is 100 cm³/mol. The smallest absolute Gasteiger partial charge is 0.244 e. The predicted octanol–water partition coefficient (Wildman–Crippen LogP) is 4.13. The number of aryl methyl sites for hydroxylation is 1. The van der Waals surface area contributed by atoms with Crippen molar-refractivity contribution >= 4 is 40.8 Å². The Hall–Kier alpha value is -2.25. The molecule has 1 aromatic heterocycles. The van der Waals surface area contributed by atoms with Crippen LogP contribution in [0.4, 0.5) is 11.4 Å². The molecule has 25 heavy (non-hydrogen) atoms. The van der Waals surface area contributed by atoms with E-state index >= 15 is 0 Å². The maximum atomic E-state index is 13.3. The quantitative estimate of drug-likeness (QED) is 0.651. The summed E-state index contributed by atoms with van der Waals surface area (Å²) in [4.78, 5) is 17.3. The van der Waals surface area contributed by atoms with Crippen LogP contribution in [0.2, 0.25) is 0 Å². The van der Waals surface area contributed by atoms with Gasteiger partial charge in [-0.25, -0.2) is 0 Å². The molecule has 1 amide bonds. The van der Waals surface area contributed by atoms with Gasteiger partial charge in [-0.15, -0.1) is 10.2 Å². The van der Waals surface area contributed by atoms with Gasteiger partial charge < -0.3 is 4.57 Å². The summed E-state index contributed by atoms with van der Waals surface area (Å²) in [6.07, 6.45) is 1.64. The highest BCUT2D eigenvalue weighted by Crippen LogP contribution is 2.48. The molecule has 1 atom stereocenters. The Kier molecular flexibility index (Phi) is 4.27. The maximum absolute atomic E-state index is 13.3. The van der Waals surface area contributed by atoms with Crippen molar-refractivity contribution in [1.29, 1.82) is 0 Å². The number of amides is 1. The Labute approximate surface area is 154 Å². The zero-order valence-electron chi connectivity index (χ0n) is 13.8. The first-order chi connectivity index (χ1) is 12.1. The molecular formula is C18H16N4OS2. The Balaban J connectivity index is 1.71. The summed E-state index contributed by atoms with van der Waals surface area (Å²) < 4.78 is 1.82. The van der Waals surface area contributed by atoms with Gasteiger partial charge in [0.05, 0.1) is 16.6 Å². The van der Waals surface area contributed by atoms with Crippen molar-refractivity contribution in [2.24, 2.45) is 7.05 Å². The van der Waals surface area contributed by atoms with Gasteiger partial charge in [-0.05, 0) is 31.2 Å². The van der Waals surface area contributed by atoms with Gasteiger partial charge in [0.1, 0.15) is 6.33 Å². The summed E-state index contributed by atoms with van der Waals surface area (Å²) in [5.74, 6) is 0.0354. The van der Waals surface area contributed by atoms with Gasteiger partial charge in [0.2, 0.25) is 5.91 Å². The molecular weight excluding hydrogens is 352 g/mol. The van der Waals surface area contributed by atoms with Crippen LogP contribution in [0.3, 0.4) is 0 Å². The third kappa shape index (κ3) is 2.94. The van der Waals surface area contributed by atoms with Crippen LogP contribution >= 0.6 is 23.5 Å². The van der Waals surface area contributed by atoms with Crippen molar-refractivity contribution in [3.8, 4) is 0 Å². The van der Waals surface area contributed by atoms with E-state index < -0.39 is 0 Å². The van der Waals surface area contributed by atoms with Crippen molar-refractivity contribution in [3.63, 3.8) is 0 Å². The molecule has 0 N–H and O–H groups in total. The molecule has 1 aliphatic heterocycles. The number of benzene rings is 2. The number of hydrogen-bond acceptors (Lipinski definition) is 5. The highest BCUT2D eigenvalue weighted by atomic mass is 32.2. The van der Waals surface area contributed by atoms with Crippen molar-refractivity contribution in [2.45, 2.75) is 27.1 Å². The SMILES string of the molecule is C[C@@H](Sc1nncn1C)C(=O)N1c2ccccc2Sc2ccccc21. The van der Waals surface area contributed by atoms with Crippen LogP contribution in [0.5, 0.6) is 0 Å². The van der Waals surface area contributed by atoms with Crippen LogP contribution in [0, 0.1) is 0 Å². The Morgan fingerprint density at radius 1 is 1.08 bits per heavy atom.